The van der Waals surface area contributed by atoms with Crippen LogP contribution in [0.25, 0.3) is 42.8 Å². The number of nitrogens with zero attached hydrogens (tertiary/aromatic N) is 6. The van der Waals surface area contributed by atoms with Crippen molar-refractivity contribution in [3.63, 3.8) is 0 Å². The highest BCUT2D eigenvalue weighted by molar-refractivity contribution is 7.22. The lowest BCUT2D eigenvalue weighted by atomic mass is 9.91. The molecule has 13 heteroatoms. The molecule has 0 spiro atoms. The van der Waals surface area contributed by atoms with Crippen molar-refractivity contribution < 1.29 is 24.2 Å². The van der Waals surface area contributed by atoms with Crippen molar-refractivity contribution in [2.75, 3.05) is 57.4 Å². The third-order valence-corrected chi connectivity index (χ3v) is 10.6. The molecule has 2 amide bonds. The van der Waals surface area contributed by atoms with Gasteiger partial charge < -0.3 is 19.5 Å². The summed E-state index contributed by atoms with van der Waals surface area (Å²) in [5.41, 5.74) is 4.80. The van der Waals surface area contributed by atoms with E-state index in [1.54, 1.807) is 17.0 Å². The molecule has 1 atom stereocenters. The molecule has 262 valence electrons. The lowest BCUT2D eigenvalue weighted by molar-refractivity contribution is -0.160. The summed E-state index contributed by atoms with van der Waals surface area (Å²) < 4.78 is 14.3. The number of amides is 2. The van der Waals surface area contributed by atoms with Crippen LogP contribution >= 0.6 is 22.9 Å². The SMILES string of the molecule is Cc1cc2nc(-c3ccc4c(c3)c(N3CCN(CCN5CCOCC5)C3=O)nn4C)sc2c(-c2ccc(Cl)cc2)c1C(OC(C)(C)C)C(=O)O. The summed E-state index contributed by atoms with van der Waals surface area (Å²) in [4.78, 5) is 37.5. The number of carboxylic acids is 1. The zero-order valence-corrected chi connectivity index (χ0v) is 30.5. The Hall–Kier alpha value is -4.07. The molecule has 50 heavy (non-hydrogen) atoms. The largest absolute Gasteiger partial charge is 0.479 e. The molecule has 5 aromatic rings. The summed E-state index contributed by atoms with van der Waals surface area (Å²) in [7, 11) is 1.89. The van der Waals surface area contributed by atoms with Gasteiger partial charge in [0.25, 0.3) is 0 Å². The zero-order chi connectivity index (χ0) is 35.3. The van der Waals surface area contributed by atoms with Crippen molar-refractivity contribution in [1.29, 1.82) is 0 Å². The van der Waals surface area contributed by atoms with Gasteiger partial charge in [0, 0.05) is 73.4 Å². The van der Waals surface area contributed by atoms with Crippen LogP contribution in [0.15, 0.2) is 48.5 Å². The summed E-state index contributed by atoms with van der Waals surface area (Å²) in [6.45, 7) is 13.4. The van der Waals surface area contributed by atoms with Gasteiger partial charge in [0.15, 0.2) is 11.9 Å². The molecule has 0 saturated carbocycles. The molecule has 2 saturated heterocycles. The number of morpholine rings is 1. The molecular formula is C37H41ClN6O5S. The summed E-state index contributed by atoms with van der Waals surface area (Å²) in [6, 6.07) is 15.4. The maximum absolute atomic E-state index is 13.6. The number of anilines is 1. The minimum atomic E-state index is -1.20. The van der Waals surface area contributed by atoms with Gasteiger partial charge in [-0.2, -0.15) is 5.10 Å². The van der Waals surface area contributed by atoms with Gasteiger partial charge in [-0.15, -0.1) is 11.3 Å². The third-order valence-electron chi connectivity index (χ3n) is 9.24. The number of thiazole rings is 1. The van der Waals surface area contributed by atoms with E-state index in [0.29, 0.717) is 36.0 Å². The standard InChI is InChI=1S/C37H41ClN6O5S/c1-22-20-27-32(30(23-6-9-25(38)10-7-23)29(22)31(35(45)46)49-37(2,3)4)50-34(39-27)24-8-11-28-26(21-24)33(40-41(28)5)44-15-14-43(36(44)47)13-12-42-16-18-48-19-17-42/h6-11,20-21,31H,12-19H2,1-5H3,(H,45,46). The third kappa shape index (κ3) is 6.70. The normalized spacial score (nSPS) is 16.6. The Balaban J connectivity index is 1.28. The number of fused-ring (bicyclic) bond motifs is 2. The van der Waals surface area contributed by atoms with E-state index in [4.69, 9.17) is 31.2 Å². The van der Waals surface area contributed by atoms with Gasteiger partial charge in [0.1, 0.15) is 5.01 Å². The summed E-state index contributed by atoms with van der Waals surface area (Å²) in [6.07, 6.45) is -1.20. The van der Waals surface area contributed by atoms with Gasteiger partial charge in [-0.25, -0.2) is 14.6 Å². The highest BCUT2D eigenvalue weighted by Crippen LogP contribution is 2.45. The quantitative estimate of drug-likeness (QED) is 0.174. The van der Waals surface area contributed by atoms with Crippen molar-refractivity contribution in [2.45, 2.75) is 39.4 Å². The number of ether oxygens (including phenoxy) is 2. The number of benzene rings is 3. The van der Waals surface area contributed by atoms with Crippen LogP contribution in [-0.4, -0.2) is 99.8 Å². The summed E-state index contributed by atoms with van der Waals surface area (Å²) >= 11 is 7.78. The predicted molar refractivity (Wildman–Crippen MR) is 197 cm³/mol. The van der Waals surface area contributed by atoms with E-state index in [0.717, 1.165) is 81.2 Å². The number of hydrogen-bond donors (Lipinski definition) is 1. The van der Waals surface area contributed by atoms with Gasteiger partial charge in [-0.05, 0) is 75.2 Å². The summed E-state index contributed by atoms with van der Waals surface area (Å²) in [5.74, 6) is -0.430. The fourth-order valence-electron chi connectivity index (χ4n) is 6.82. The van der Waals surface area contributed by atoms with Crippen LogP contribution in [-0.2, 0) is 21.3 Å². The summed E-state index contributed by atoms with van der Waals surface area (Å²) in [5, 5.41) is 17.5. The fourth-order valence-corrected chi connectivity index (χ4v) is 8.06. The number of urea groups is 1. The smallest absolute Gasteiger partial charge is 0.337 e. The molecule has 1 unspecified atom stereocenters. The Morgan fingerprint density at radius 1 is 1.04 bits per heavy atom. The molecule has 2 aromatic heterocycles. The maximum atomic E-state index is 13.6. The minimum Gasteiger partial charge on any atom is -0.479 e. The van der Waals surface area contributed by atoms with E-state index in [-0.39, 0.29) is 6.03 Å². The average Bonchev–Trinajstić information content (AvgIpc) is 3.77. The first-order valence-corrected chi connectivity index (χ1v) is 18.0. The first-order chi connectivity index (χ1) is 23.9. The van der Waals surface area contributed by atoms with Crippen LogP contribution in [0.4, 0.5) is 10.6 Å². The van der Waals surface area contributed by atoms with Gasteiger partial charge in [-0.3, -0.25) is 14.5 Å². The maximum Gasteiger partial charge on any atom is 0.337 e. The van der Waals surface area contributed by atoms with E-state index in [9.17, 15) is 14.7 Å². The Morgan fingerprint density at radius 3 is 2.46 bits per heavy atom. The number of carboxylic acid groups (broad SMARTS) is 1. The number of carbonyl (C=O) groups is 2. The van der Waals surface area contributed by atoms with Crippen molar-refractivity contribution in [3.05, 3.63) is 64.7 Å². The highest BCUT2D eigenvalue weighted by Gasteiger charge is 2.34. The molecule has 11 nitrogen and oxygen atoms in total. The Bertz CT molecular complexity index is 2080. The second-order valence-electron chi connectivity index (χ2n) is 13.9. The number of aromatic nitrogens is 3. The lowest BCUT2D eigenvalue weighted by Crippen LogP contribution is -2.42. The fraction of sp³-hybridized carbons (Fsp3) is 0.405. The van der Waals surface area contributed by atoms with Crippen molar-refractivity contribution in [2.24, 2.45) is 7.05 Å². The molecule has 2 aliphatic heterocycles. The number of halogens is 1. The van der Waals surface area contributed by atoms with E-state index in [1.165, 1.54) is 11.3 Å². The molecule has 2 aliphatic rings. The number of rotatable bonds is 9. The number of aryl methyl sites for hydroxylation is 2. The Labute approximate surface area is 299 Å². The molecule has 0 radical (unpaired) electrons. The van der Waals surface area contributed by atoms with Crippen LogP contribution in [0.2, 0.25) is 5.02 Å². The van der Waals surface area contributed by atoms with Gasteiger partial charge in [0.2, 0.25) is 0 Å². The minimum absolute atomic E-state index is 0.0373. The van der Waals surface area contributed by atoms with Crippen molar-refractivity contribution in [1.82, 2.24) is 24.6 Å². The molecule has 1 N–H and O–H groups in total. The van der Waals surface area contributed by atoms with E-state index in [2.05, 4.69) is 11.0 Å². The van der Waals surface area contributed by atoms with E-state index >= 15 is 0 Å². The lowest BCUT2D eigenvalue weighted by Gasteiger charge is -2.28. The van der Waals surface area contributed by atoms with Crippen molar-refractivity contribution >= 4 is 61.9 Å². The van der Waals surface area contributed by atoms with E-state index < -0.39 is 17.7 Å². The molecule has 7 rings (SSSR count). The van der Waals surface area contributed by atoms with Crippen LogP contribution in [0.1, 0.15) is 38.0 Å². The Morgan fingerprint density at radius 2 is 1.76 bits per heavy atom. The molecular weight excluding hydrogens is 676 g/mol. The van der Waals surface area contributed by atoms with Gasteiger partial charge in [0.05, 0.1) is 34.5 Å². The van der Waals surface area contributed by atoms with Crippen LogP contribution in [0.5, 0.6) is 0 Å². The van der Waals surface area contributed by atoms with Crippen LogP contribution < -0.4 is 4.90 Å². The molecule has 0 aliphatic carbocycles. The number of hydrogen-bond acceptors (Lipinski definition) is 8. The van der Waals surface area contributed by atoms with Crippen LogP contribution in [0.3, 0.4) is 0 Å². The number of carbonyl (C=O) groups excluding carboxylic acids is 1. The Kier molecular flexibility index (Phi) is 9.33. The van der Waals surface area contributed by atoms with E-state index in [1.807, 2.05) is 74.7 Å². The molecule has 0 bridgehead atoms. The topological polar surface area (TPSA) is 113 Å². The second-order valence-corrected chi connectivity index (χ2v) is 15.3. The zero-order valence-electron chi connectivity index (χ0n) is 28.9. The molecule has 4 heterocycles. The predicted octanol–water partition coefficient (Wildman–Crippen LogP) is 6.99. The van der Waals surface area contributed by atoms with Crippen LogP contribution in [0, 0.1) is 6.92 Å². The second kappa shape index (κ2) is 13.6. The van der Waals surface area contributed by atoms with Gasteiger partial charge in [-0.1, -0.05) is 23.7 Å². The average molecular weight is 717 g/mol. The monoisotopic (exact) mass is 716 g/mol. The first kappa shape index (κ1) is 34.4. The van der Waals surface area contributed by atoms with Crippen molar-refractivity contribution in [3.8, 4) is 21.7 Å². The first-order valence-electron chi connectivity index (χ1n) is 16.8. The highest BCUT2D eigenvalue weighted by atomic mass is 35.5. The number of aliphatic carboxylic acids is 1. The molecule has 3 aromatic carbocycles. The van der Waals surface area contributed by atoms with Gasteiger partial charge >= 0.3 is 12.0 Å². The molecule has 2 fully saturated rings.